The van der Waals surface area contributed by atoms with Crippen LogP contribution in [0.25, 0.3) is 0 Å². The van der Waals surface area contributed by atoms with E-state index in [2.05, 4.69) is 29.8 Å². The molecule has 2 aromatic heterocycles. The van der Waals surface area contributed by atoms with Crippen molar-refractivity contribution in [1.82, 2.24) is 29.8 Å². The van der Waals surface area contributed by atoms with E-state index in [9.17, 15) is 8.42 Å². The maximum Gasteiger partial charge on any atom is 0.242 e. The van der Waals surface area contributed by atoms with Crippen molar-refractivity contribution in [3.8, 4) is 0 Å². The fourth-order valence-corrected chi connectivity index (χ4v) is 3.26. The molecular formula is C12H18N6O2S. The summed E-state index contributed by atoms with van der Waals surface area (Å²) in [5, 5.41) is 9.38. The molecule has 21 heavy (non-hydrogen) atoms. The van der Waals surface area contributed by atoms with Crippen molar-refractivity contribution in [3.63, 3.8) is 0 Å². The van der Waals surface area contributed by atoms with Gasteiger partial charge in [-0.25, -0.2) is 18.1 Å². The van der Waals surface area contributed by atoms with Crippen molar-refractivity contribution in [2.75, 3.05) is 7.05 Å². The molecule has 1 fully saturated rings. The van der Waals surface area contributed by atoms with Crippen LogP contribution in [0.1, 0.15) is 30.4 Å². The lowest BCUT2D eigenvalue weighted by atomic mass is 10.4. The first kappa shape index (κ1) is 14.2. The molecule has 114 valence electrons. The molecule has 0 aromatic carbocycles. The number of rotatable bonds is 7. The number of aromatic nitrogens is 4. The number of sulfonamides is 1. The topological polar surface area (TPSA) is 105 Å². The van der Waals surface area contributed by atoms with Gasteiger partial charge in [-0.15, -0.1) is 0 Å². The Labute approximate surface area is 123 Å². The van der Waals surface area contributed by atoms with Gasteiger partial charge in [-0.05, 0) is 26.0 Å². The summed E-state index contributed by atoms with van der Waals surface area (Å²) in [6, 6.07) is 2.16. The normalized spacial score (nSPS) is 15.5. The van der Waals surface area contributed by atoms with Crippen LogP contribution in [0.3, 0.4) is 0 Å². The largest absolute Gasteiger partial charge is 0.346 e. The Morgan fingerprint density at radius 2 is 2.24 bits per heavy atom. The lowest BCUT2D eigenvalue weighted by Gasteiger charge is -2.05. The molecule has 0 amide bonds. The van der Waals surface area contributed by atoms with E-state index < -0.39 is 10.0 Å². The standard InChI is InChI=1S/C12H18N6O2S/c1-13-5-10-4-11(7-18(10)9-2-3-9)21(19,20)16-6-12-14-8-15-17-12/h4,7-9,13,16H,2-3,5-6H2,1H3,(H,14,15,17). The molecule has 3 rings (SSSR count). The van der Waals surface area contributed by atoms with Gasteiger partial charge in [-0.2, -0.15) is 5.10 Å². The predicted octanol–water partition coefficient (Wildman–Crippen LogP) is 0.139. The molecule has 0 unspecified atom stereocenters. The van der Waals surface area contributed by atoms with Crippen LogP contribution in [0.15, 0.2) is 23.5 Å². The molecule has 1 saturated carbocycles. The van der Waals surface area contributed by atoms with Crippen molar-refractivity contribution in [2.24, 2.45) is 0 Å². The van der Waals surface area contributed by atoms with Gasteiger partial charge in [0.25, 0.3) is 0 Å². The minimum atomic E-state index is -3.55. The van der Waals surface area contributed by atoms with Crippen LogP contribution in [0.5, 0.6) is 0 Å². The van der Waals surface area contributed by atoms with Gasteiger partial charge >= 0.3 is 0 Å². The average Bonchev–Trinajstić information content (AvgIpc) is 3.00. The van der Waals surface area contributed by atoms with Crippen molar-refractivity contribution >= 4 is 10.0 Å². The molecule has 0 radical (unpaired) electrons. The zero-order chi connectivity index (χ0) is 14.9. The highest BCUT2D eigenvalue weighted by atomic mass is 32.2. The molecule has 3 N–H and O–H groups in total. The zero-order valence-corrected chi connectivity index (χ0v) is 12.5. The average molecular weight is 310 g/mol. The van der Waals surface area contributed by atoms with Gasteiger partial charge in [0.05, 0.1) is 11.4 Å². The quantitative estimate of drug-likeness (QED) is 0.675. The molecule has 0 bridgehead atoms. The molecular weight excluding hydrogens is 292 g/mol. The molecule has 9 heteroatoms. The summed E-state index contributed by atoms with van der Waals surface area (Å²) in [5.74, 6) is 0.482. The highest BCUT2D eigenvalue weighted by Gasteiger charge is 2.28. The van der Waals surface area contributed by atoms with E-state index in [1.165, 1.54) is 6.33 Å². The summed E-state index contributed by atoms with van der Waals surface area (Å²) in [6.45, 7) is 0.742. The number of hydrogen-bond acceptors (Lipinski definition) is 5. The minimum Gasteiger partial charge on any atom is -0.346 e. The maximum atomic E-state index is 12.3. The lowest BCUT2D eigenvalue weighted by Crippen LogP contribution is -2.23. The molecule has 0 spiro atoms. The fraction of sp³-hybridized carbons (Fsp3) is 0.500. The van der Waals surface area contributed by atoms with E-state index in [1.807, 2.05) is 7.05 Å². The summed E-state index contributed by atoms with van der Waals surface area (Å²) in [4.78, 5) is 4.19. The first-order valence-electron chi connectivity index (χ1n) is 6.79. The third-order valence-corrected chi connectivity index (χ3v) is 4.78. The molecule has 8 nitrogen and oxygen atoms in total. The fourth-order valence-electron chi connectivity index (χ4n) is 2.22. The van der Waals surface area contributed by atoms with Crippen molar-refractivity contribution in [3.05, 3.63) is 30.1 Å². The second-order valence-electron chi connectivity index (χ2n) is 5.09. The molecule has 2 heterocycles. The Hall–Kier alpha value is -1.71. The Morgan fingerprint density at radius 3 is 2.86 bits per heavy atom. The zero-order valence-electron chi connectivity index (χ0n) is 11.7. The second-order valence-corrected chi connectivity index (χ2v) is 6.86. The van der Waals surface area contributed by atoms with Gasteiger partial charge < -0.3 is 9.88 Å². The number of nitrogens with one attached hydrogen (secondary N) is 3. The van der Waals surface area contributed by atoms with Crippen LogP contribution >= 0.6 is 0 Å². The van der Waals surface area contributed by atoms with Crippen LogP contribution in [0, 0.1) is 0 Å². The number of H-pyrrole nitrogens is 1. The van der Waals surface area contributed by atoms with E-state index >= 15 is 0 Å². The highest BCUT2D eigenvalue weighted by Crippen LogP contribution is 2.37. The van der Waals surface area contributed by atoms with Gasteiger partial charge in [-0.3, -0.25) is 5.10 Å². The van der Waals surface area contributed by atoms with Crippen LogP contribution in [-0.4, -0.2) is 35.2 Å². The summed E-state index contributed by atoms with van der Waals surface area (Å²) in [5.41, 5.74) is 0.986. The number of aromatic amines is 1. The molecule has 2 aromatic rings. The van der Waals surface area contributed by atoms with Crippen molar-refractivity contribution in [2.45, 2.75) is 36.9 Å². The first-order valence-corrected chi connectivity index (χ1v) is 8.28. The van der Waals surface area contributed by atoms with Gasteiger partial charge in [0.2, 0.25) is 10.0 Å². The third-order valence-electron chi connectivity index (χ3n) is 3.41. The number of hydrogen-bond donors (Lipinski definition) is 3. The first-order chi connectivity index (χ1) is 10.1. The molecule has 0 aliphatic heterocycles. The van der Waals surface area contributed by atoms with E-state index in [0.717, 1.165) is 18.5 Å². The molecule has 1 aliphatic rings. The highest BCUT2D eigenvalue weighted by molar-refractivity contribution is 7.89. The minimum absolute atomic E-state index is 0.0955. The molecule has 0 saturated heterocycles. The SMILES string of the molecule is CNCc1cc(S(=O)(=O)NCc2ncn[nH]2)cn1C1CC1. The van der Waals surface area contributed by atoms with Crippen LogP contribution < -0.4 is 10.0 Å². The molecule has 0 atom stereocenters. The number of nitrogens with zero attached hydrogens (tertiary/aromatic N) is 3. The van der Waals surface area contributed by atoms with Crippen LogP contribution in [-0.2, 0) is 23.1 Å². The summed E-state index contributed by atoms with van der Waals surface area (Å²) < 4.78 is 29.2. The van der Waals surface area contributed by atoms with E-state index in [4.69, 9.17) is 0 Å². The third kappa shape index (κ3) is 3.14. The van der Waals surface area contributed by atoms with Gasteiger partial charge in [0.1, 0.15) is 12.2 Å². The van der Waals surface area contributed by atoms with Gasteiger partial charge in [0, 0.05) is 24.5 Å². The lowest BCUT2D eigenvalue weighted by molar-refractivity contribution is 0.579. The van der Waals surface area contributed by atoms with E-state index in [1.54, 1.807) is 12.3 Å². The van der Waals surface area contributed by atoms with E-state index in [0.29, 0.717) is 23.3 Å². The Morgan fingerprint density at radius 1 is 1.43 bits per heavy atom. The maximum absolute atomic E-state index is 12.3. The van der Waals surface area contributed by atoms with Gasteiger partial charge in [-0.1, -0.05) is 0 Å². The summed E-state index contributed by atoms with van der Waals surface area (Å²) in [6.07, 6.45) is 5.28. The van der Waals surface area contributed by atoms with Crippen molar-refractivity contribution < 1.29 is 8.42 Å². The van der Waals surface area contributed by atoms with Crippen LogP contribution in [0.4, 0.5) is 0 Å². The predicted molar refractivity (Wildman–Crippen MR) is 75.9 cm³/mol. The summed E-state index contributed by atoms with van der Waals surface area (Å²) >= 11 is 0. The molecule has 1 aliphatic carbocycles. The smallest absolute Gasteiger partial charge is 0.242 e. The Balaban J connectivity index is 1.79. The van der Waals surface area contributed by atoms with Crippen LogP contribution in [0.2, 0.25) is 0 Å². The monoisotopic (exact) mass is 310 g/mol. The summed E-state index contributed by atoms with van der Waals surface area (Å²) in [7, 11) is -1.70. The Kier molecular flexibility index (Phi) is 3.79. The van der Waals surface area contributed by atoms with Gasteiger partial charge in [0.15, 0.2) is 0 Å². The second kappa shape index (κ2) is 5.58. The Bertz CT molecular complexity index is 702. The van der Waals surface area contributed by atoms with Crippen molar-refractivity contribution in [1.29, 1.82) is 0 Å². The van der Waals surface area contributed by atoms with E-state index in [-0.39, 0.29) is 6.54 Å².